The monoisotopic (exact) mass is 488 g/mol. The Morgan fingerprint density at radius 2 is 1.38 bits per heavy atom. The Labute approximate surface area is 199 Å². The molecule has 2 aromatic carbocycles. The number of rotatable bonds is 3. The zero-order valence-electron chi connectivity index (χ0n) is 16.6. The summed E-state index contributed by atoms with van der Waals surface area (Å²) >= 11 is 6.82. The maximum atomic E-state index is 7.02. The standard InChI is InChI=1S/C10H10BrN.C10H14BrN.Al.Li.4H/c1-10(2,12-3)8-5-4-6-9(11)7-8;1-10(2,7-12)8-4-3-5-9(11)6-8;;;;;;/h4-7H,1-2H3;3-6H,7,12H2,1-2H3;;;;;;/q;;;+1;;;;-1. The number of hydrogen-bond donors (Lipinski definition) is 1. The summed E-state index contributed by atoms with van der Waals surface area (Å²) in [6, 6.07) is 16.2. The maximum Gasteiger partial charge on any atom is 1.00 e. The second kappa shape index (κ2) is 12.4. The molecule has 0 radical (unpaired) electrons. The molecule has 0 amide bonds. The molecule has 136 valence electrons. The van der Waals surface area contributed by atoms with Gasteiger partial charge in [-0.15, -0.1) is 0 Å². The second-order valence-electron chi connectivity index (χ2n) is 6.78. The Kier molecular flexibility index (Phi) is 13.5. The molecule has 0 aromatic heterocycles. The van der Waals surface area contributed by atoms with Gasteiger partial charge in [0.25, 0.3) is 5.54 Å². The van der Waals surface area contributed by atoms with Crippen molar-refractivity contribution in [3.63, 3.8) is 0 Å². The number of nitrogens with two attached hydrogens (primary N) is 1. The van der Waals surface area contributed by atoms with Crippen molar-refractivity contribution in [1.82, 2.24) is 0 Å². The molecule has 0 aliphatic heterocycles. The van der Waals surface area contributed by atoms with E-state index in [4.69, 9.17) is 12.3 Å². The average molecular weight is 490 g/mol. The van der Waals surface area contributed by atoms with Gasteiger partial charge in [0, 0.05) is 40.3 Å². The fraction of sp³-hybridized carbons (Fsp3) is 0.350. The van der Waals surface area contributed by atoms with Crippen molar-refractivity contribution in [2.75, 3.05) is 6.54 Å². The summed E-state index contributed by atoms with van der Waals surface area (Å²) in [7, 11) is 0. The van der Waals surface area contributed by atoms with Crippen LogP contribution in [-0.2, 0) is 11.0 Å². The summed E-state index contributed by atoms with van der Waals surface area (Å²) in [5.41, 5.74) is 7.66. The summed E-state index contributed by atoms with van der Waals surface area (Å²) in [6.07, 6.45) is 0. The molecule has 26 heavy (non-hydrogen) atoms. The smallest absolute Gasteiger partial charge is 1.00 e. The molecule has 0 unspecified atom stereocenters. The zero-order chi connectivity index (χ0) is 18.4. The van der Waals surface area contributed by atoms with Gasteiger partial charge in [0.2, 0.25) is 0 Å². The SMILES string of the molecule is CC(C)(CN)c1cccc(Br)c1.[AlH3].[C-]#[N+]C(C)(C)c1cccc(Br)c1.[H-].[Li+]. The minimum atomic E-state index is -0.413. The number of hydrogen-bond acceptors (Lipinski definition) is 1. The van der Waals surface area contributed by atoms with Crippen LogP contribution in [-0.4, -0.2) is 23.9 Å². The Bertz CT molecular complexity index is 734. The van der Waals surface area contributed by atoms with Crippen molar-refractivity contribution in [1.29, 1.82) is 0 Å². The normalized spacial score (nSPS) is 10.4. The van der Waals surface area contributed by atoms with Crippen LogP contribution in [0.3, 0.4) is 0 Å². The van der Waals surface area contributed by atoms with E-state index in [1.165, 1.54) is 5.56 Å². The second-order valence-corrected chi connectivity index (χ2v) is 8.61. The first-order valence-electron chi connectivity index (χ1n) is 7.73. The van der Waals surface area contributed by atoms with Crippen molar-refractivity contribution in [3.8, 4) is 0 Å². The summed E-state index contributed by atoms with van der Waals surface area (Å²) < 4.78 is 2.14. The van der Waals surface area contributed by atoms with Gasteiger partial charge in [-0.3, -0.25) is 0 Å². The predicted octanol–water partition coefficient (Wildman–Crippen LogP) is 2.22. The van der Waals surface area contributed by atoms with E-state index in [0.29, 0.717) is 6.54 Å². The van der Waals surface area contributed by atoms with E-state index in [0.717, 1.165) is 14.5 Å². The molecular weight excluding hydrogens is 462 g/mol. The van der Waals surface area contributed by atoms with Gasteiger partial charge in [0.15, 0.2) is 17.4 Å². The minimum absolute atomic E-state index is 0. The molecule has 0 aliphatic rings. The minimum Gasteiger partial charge on any atom is -1.00 e. The predicted molar refractivity (Wildman–Crippen MR) is 121 cm³/mol. The van der Waals surface area contributed by atoms with Gasteiger partial charge >= 0.3 is 18.9 Å². The summed E-state index contributed by atoms with van der Waals surface area (Å²) in [4.78, 5) is 3.56. The molecule has 0 bridgehead atoms. The van der Waals surface area contributed by atoms with Crippen molar-refractivity contribution >= 4 is 49.2 Å². The van der Waals surface area contributed by atoms with E-state index in [2.05, 4.69) is 62.7 Å². The van der Waals surface area contributed by atoms with Crippen molar-refractivity contribution in [3.05, 3.63) is 80.0 Å². The van der Waals surface area contributed by atoms with Gasteiger partial charge in [0.05, 0.1) is 0 Å². The number of halogens is 2. The van der Waals surface area contributed by atoms with Gasteiger partial charge in [-0.25, -0.2) is 6.57 Å². The van der Waals surface area contributed by atoms with Crippen molar-refractivity contribution < 1.29 is 20.3 Å². The molecule has 0 atom stereocenters. The first-order chi connectivity index (χ1) is 11.1. The van der Waals surface area contributed by atoms with E-state index < -0.39 is 5.54 Å². The average Bonchev–Trinajstić information content (AvgIpc) is 2.55. The number of nitrogens with zero attached hydrogens (tertiary/aromatic N) is 1. The van der Waals surface area contributed by atoms with Crippen LogP contribution >= 0.6 is 31.9 Å². The van der Waals surface area contributed by atoms with Gasteiger partial charge in [-0.1, -0.05) is 70.0 Å². The molecule has 0 heterocycles. The third kappa shape index (κ3) is 8.78. The van der Waals surface area contributed by atoms with E-state index in [-0.39, 0.29) is 43.1 Å². The summed E-state index contributed by atoms with van der Waals surface area (Å²) in [5, 5.41) is 0. The summed E-state index contributed by atoms with van der Waals surface area (Å²) in [5.74, 6) is 0. The molecule has 0 saturated carbocycles. The van der Waals surface area contributed by atoms with Crippen LogP contribution in [0.5, 0.6) is 0 Å². The van der Waals surface area contributed by atoms with Crippen LogP contribution < -0.4 is 24.6 Å². The van der Waals surface area contributed by atoms with Crippen molar-refractivity contribution in [2.24, 2.45) is 5.73 Å². The van der Waals surface area contributed by atoms with Crippen molar-refractivity contribution in [2.45, 2.75) is 38.6 Å². The molecule has 6 heteroatoms. The van der Waals surface area contributed by atoms with Crippen LogP contribution in [0.2, 0.25) is 0 Å². The van der Waals surface area contributed by atoms with Gasteiger partial charge < -0.3 is 12.0 Å². The molecule has 0 aliphatic carbocycles. The van der Waals surface area contributed by atoms with E-state index >= 15 is 0 Å². The maximum absolute atomic E-state index is 7.02. The van der Waals surface area contributed by atoms with Crippen LogP contribution in [0.1, 0.15) is 40.2 Å². The van der Waals surface area contributed by atoms with Gasteiger partial charge in [-0.05, 0) is 29.8 Å². The van der Waals surface area contributed by atoms with E-state index in [9.17, 15) is 0 Å². The third-order valence-electron chi connectivity index (χ3n) is 3.93. The van der Waals surface area contributed by atoms with Crippen LogP contribution in [0.15, 0.2) is 57.5 Å². The quantitative estimate of drug-likeness (QED) is 0.520. The Morgan fingerprint density at radius 3 is 1.77 bits per heavy atom. The molecule has 0 saturated heterocycles. The molecule has 2 aromatic rings. The largest absolute Gasteiger partial charge is 1.00 e. The van der Waals surface area contributed by atoms with Gasteiger partial charge in [-0.2, -0.15) is 0 Å². The van der Waals surface area contributed by atoms with Crippen LogP contribution in [0, 0.1) is 6.57 Å². The zero-order valence-corrected chi connectivity index (χ0v) is 18.8. The van der Waals surface area contributed by atoms with E-state index in [1.54, 1.807) is 0 Å². The summed E-state index contributed by atoms with van der Waals surface area (Å²) in [6.45, 7) is 15.8. The number of benzene rings is 2. The van der Waals surface area contributed by atoms with Crippen LogP contribution in [0.25, 0.3) is 4.85 Å². The fourth-order valence-corrected chi connectivity index (χ4v) is 2.76. The molecule has 0 spiro atoms. The Hall–Kier alpha value is -0.0201. The Balaban J connectivity index is -0.000000384. The first kappa shape index (κ1) is 28.2. The topological polar surface area (TPSA) is 30.4 Å². The van der Waals surface area contributed by atoms with E-state index in [1.807, 2.05) is 50.2 Å². The molecule has 2 nitrogen and oxygen atoms in total. The molecule has 2 rings (SSSR count). The molecule has 0 fully saturated rings. The Morgan fingerprint density at radius 1 is 0.962 bits per heavy atom. The first-order valence-corrected chi connectivity index (χ1v) is 9.32. The molecular formula is C20H28AlBr2LiN2. The fourth-order valence-electron chi connectivity index (χ4n) is 1.96. The molecule has 2 N–H and O–H groups in total. The third-order valence-corrected chi connectivity index (χ3v) is 4.91. The van der Waals surface area contributed by atoms with Gasteiger partial charge in [0.1, 0.15) is 0 Å². The van der Waals surface area contributed by atoms with Crippen LogP contribution in [0.4, 0.5) is 0 Å².